The predicted octanol–water partition coefficient (Wildman–Crippen LogP) is 16.4. The number of fused-ring (bicyclic) bond motifs is 3. The van der Waals surface area contributed by atoms with Crippen LogP contribution in [-0.4, -0.2) is 57.0 Å². The SMILES string of the molecule is CC(=O)O.N#C/C(=C\c1c(Oc2ccc(Br)cc2)nc2ccccn2c1=O)C(=O)Nc1cccc(Cl)c1.N#C/C(=C\c1c(Oc2ccc(Br)cc2)nc2ccccn2c1=O)C(=O)Nc1cccc(Cl)c1.N#C/C(=C\c1c(Oc2ccc(Br)cc2)nc2ccccn2c1=O)C(=O)Nc1cccc(Cl)c1. The molecule has 23 nitrogen and oxygen atoms in total. The van der Waals surface area contributed by atoms with Crippen LogP contribution in [-0.2, 0) is 19.2 Å². The summed E-state index contributed by atoms with van der Waals surface area (Å²) < 4.78 is 24.1. The van der Waals surface area contributed by atoms with Crippen LogP contribution in [0.3, 0.4) is 0 Å². The topological polar surface area (TPSA) is 327 Å². The number of pyridine rings is 3. The van der Waals surface area contributed by atoms with E-state index in [1.165, 1.54) is 31.4 Å². The molecule has 103 heavy (non-hydrogen) atoms. The van der Waals surface area contributed by atoms with Crippen molar-refractivity contribution < 1.29 is 38.5 Å². The fraction of sp³-hybridized carbons (Fsp3) is 0.0135. The van der Waals surface area contributed by atoms with Crippen molar-refractivity contribution in [1.82, 2.24) is 28.2 Å². The largest absolute Gasteiger partial charge is 0.481 e. The van der Waals surface area contributed by atoms with Crippen LogP contribution in [0.5, 0.6) is 34.9 Å². The molecule has 0 bridgehead atoms. The first-order chi connectivity index (χ1) is 49.6. The number of hydrogen-bond acceptors (Lipinski definition) is 16. The van der Waals surface area contributed by atoms with Crippen LogP contribution in [0, 0.1) is 34.0 Å². The molecule has 0 aliphatic heterocycles. The highest BCUT2D eigenvalue weighted by Crippen LogP contribution is 2.30. The number of aromatic nitrogens is 6. The van der Waals surface area contributed by atoms with E-state index in [4.69, 9.17) is 58.9 Å². The molecule has 510 valence electrons. The Morgan fingerprint density at radius 3 is 0.903 bits per heavy atom. The van der Waals surface area contributed by atoms with E-state index in [-0.39, 0.29) is 51.0 Å². The molecule has 0 fully saturated rings. The summed E-state index contributed by atoms with van der Waals surface area (Å²) in [5, 5.41) is 45.4. The van der Waals surface area contributed by atoms with E-state index in [1.807, 2.05) is 18.2 Å². The Balaban J connectivity index is 0.000000175. The zero-order valence-corrected chi connectivity index (χ0v) is 59.9. The number of rotatable bonds is 15. The van der Waals surface area contributed by atoms with E-state index in [9.17, 15) is 44.6 Å². The molecule has 6 aromatic carbocycles. The Bertz CT molecular complexity index is 5130. The summed E-state index contributed by atoms with van der Waals surface area (Å²) in [4.78, 5) is 100. The molecule has 0 spiro atoms. The van der Waals surface area contributed by atoms with Crippen molar-refractivity contribution in [2.45, 2.75) is 6.92 Å². The summed E-state index contributed by atoms with van der Waals surface area (Å²) in [6, 6.07) is 61.0. The number of amides is 3. The van der Waals surface area contributed by atoms with Gasteiger partial charge in [-0.3, -0.25) is 46.8 Å². The fourth-order valence-corrected chi connectivity index (χ4v) is 10.2. The van der Waals surface area contributed by atoms with Crippen LogP contribution in [0.25, 0.3) is 35.2 Å². The number of ether oxygens (including phenoxy) is 3. The van der Waals surface area contributed by atoms with Gasteiger partial charge in [-0.1, -0.05) is 119 Å². The third-order valence-corrected chi connectivity index (χ3v) is 15.8. The number of carboxylic acids is 1. The number of nitrogens with zero attached hydrogens (tertiary/aromatic N) is 9. The average molecular weight is 1630 g/mol. The summed E-state index contributed by atoms with van der Waals surface area (Å²) in [5.74, 6) is -1.73. The van der Waals surface area contributed by atoms with Crippen molar-refractivity contribution in [3.63, 3.8) is 0 Å². The van der Waals surface area contributed by atoms with Crippen molar-refractivity contribution in [3.8, 4) is 53.1 Å². The van der Waals surface area contributed by atoms with Gasteiger partial charge in [0.05, 0.1) is 0 Å². The molecule has 6 heterocycles. The highest BCUT2D eigenvalue weighted by atomic mass is 79.9. The number of hydrogen-bond donors (Lipinski definition) is 4. The lowest BCUT2D eigenvalue weighted by molar-refractivity contribution is -0.134. The summed E-state index contributed by atoms with van der Waals surface area (Å²) in [6.07, 6.45) is 8.14. The molecular weight excluding hydrogens is 1580 g/mol. The smallest absolute Gasteiger partial charge is 0.300 e. The molecular formula is C74H46Br3Cl3N12O11. The molecule has 0 aliphatic carbocycles. The highest BCUT2D eigenvalue weighted by Gasteiger charge is 2.22. The lowest BCUT2D eigenvalue weighted by Gasteiger charge is -2.10. The van der Waals surface area contributed by atoms with Crippen LogP contribution >= 0.6 is 82.6 Å². The summed E-state index contributed by atoms with van der Waals surface area (Å²) in [5.41, 5.74) is -0.200. The molecule has 0 saturated heterocycles. The number of anilines is 3. The van der Waals surface area contributed by atoms with Crippen LogP contribution in [0.15, 0.2) is 263 Å². The Morgan fingerprint density at radius 1 is 0.417 bits per heavy atom. The van der Waals surface area contributed by atoms with Gasteiger partial charge >= 0.3 is 0 Å². The normalized spacial score (nSPS) is 10.9. The minimum atomic E-state index is -0.833. The highest BCUT2D eigenvalue weighted by molar-refractivity contribution is 9.11. The fourth-order valence-electron chi connectivity index (χ4n) is 8.87. The third-order valence-electron chi connectivity index (χ3n) is 13.5. The minimum absolute atomic E-state index is 0.0307. The number of halogens is 6. The van der Waals surface area contributed by atoms with Gasteiger partial charge < -0.3 is 35.3 Å². The second-order valence-electron chi connectivity index (χ2n) is 20.8. The number of aliphatic carboxylic acids is 1. The second-order valence-corrected chi connectivity index (χ2v) is 24.8. The Hall–Kier alpha value is -12.3. The van der Waals surface area contributed by atoms with Gasteiger partial charge in [0.15, 0.2) is 0 Å². The van der Waals surface area contributed by atoms with Crippen LogP contribution in [0.1, 0.15) is 23.6 Å². The van der Waals surface area contributed by atoms with E-state index in [2.05, 4.69) is 78.7 Å². The monoisotopic (exact) mass is 1620 g/mol. The van der Waals surface area contributed by atoms with Gasteiger partial charge in [0.2, 0.25) is 17.6 Å². The van der Waals surface area contributed by atoms with Gasteiger partial charge in [-0.05, 0) is 182 Å². The first-order valence-electron chi connectivity index (χ1n) is 29.7. The molecule has 12 aromatic rings. The van der Waals surface area contributed by atoms with E-state index >= 15 is 0 Å². The van der Waals surface area contributed by atoms with Crippen molar-refractivity contribution in [2.75, 3.05) is 16.0 Å². The molecule has 0 aliphatic rings. The maximum Gasteiger partial charge on any atom is 0.300 e. The first kappa shape index (κ1) is 74.9. The summed E-state index contributed by atoms with van der Waals surface area (Å²) in [7, 11) is 0. The Labute approximate surface area is 624 Å². The third kappa shape index (κ3) is 20.7. The van der Waals surface area contributed by atoms with Gasteiger partial charge in [0.25, 0.3) is 40.4 Å². The average Bonchev–Trinajstić information content (AvgIpc) is 0.797. The second kappa shape index (κ2) is 35.6. The molecule has 12 rings (SSSR count). The maximum atomic E-state index is 13.2. The van der Waals surface area contributed by atoms with Crippen molar-refractivity contribution in [1.29, 1.82) is 15.8 Å². The number of carbonyl (C=O) groups is 4. The van der Waals surface area contributed by atoms with Gasteiger partial charge in [-0.15, -0.1) is 0 Å². The minimum Gasteiger partial charge on any atom is -0.481 e. The first-order valence-corrected chi connectivity index (χ1v) is 33.2. The number of benzene rings is 6. The summed E-state index contributed by atoms with van der Waals surface area (Å²) >= 11 is 27.9. The van der Waals surface area contributed by atoms with Gasteiger partial charge in [-0.2, -0.15) is 30.7 Å². The summed E-state index contributed by atoms with van der Waals surface area (Å²) in [6.45, 7) is 1.08. The van der Waals surface area contributed by atoms with Gasteiger partial charge in [0, 0.05) is 71.1 Å². The van der Waals surface area contributed by atoms with Crippen LogP contribution < -0.4 is 46.8 Å². The molecule has 0 radical (unpaired) electrons. The van der Waals surface area contributed by atoms with Crippen LogP contribution in [0.4, 0.5) is 17.1 Å². The van der Waals surface area contributed by atoms with E-state index < -0.39 is 40.4 Å². The zero-order chi connectivity index (χ0) is 73.7. The maximum absolute atomic E-state index is 13.2. The Morgan fingerprint density at radius 2 is 0.670 bits per heavy atom. The van der Waals surface area contributed by atoms with Crippen molar-refractivity contribution in [2.24, 2.45) is 0 Å². The quantitative estimate of drug-likeness (QED) is 0.0547. The van der Waals surface area contributed by atoms with E-state index in [1.54, 1.807) is 219 Å². The van der Waals surface area contributed by atoms with Gasteiger partial charge in [0.1, 0.15) is 85.8 Å². The number of nitrogens with one attached hydrogen (secondary N) is 3. The number of carboxylic acid groups (broad SMARTS) is 1. The lowest BCUT2D eigenvalue weighted by atomic mass is 10.1. The van der Waals surface area contributed by atoms with Crippen molar-refractivity contribution in [3.05, 3.63) is 312 Å². The standard InChI is InChI=1S/3C24H14BrClN4O3.C2H4O2/c3*25-16-7-9-19(10-8-16)33-23-20(24(32)30-11-2-1-6-21(30)29-23)12-15(14-27)22(31)28-18-5-3-4-17(26)13-18;1-2(3)4/h3*1-13H,(H,28,31);1H3,(H,3,4)/b3*15-12+;. The molecule has 29 heteroatoms. The Kier molecular flexibility index (Phi) is 25.9. The number of carbonyl (C=O) groups excluding carboxylic acids is 3. The van der Waals surface area contributed by atoms with Crippen LogP contribution in [0.2, 0.25) is 15.1 Å². The van der Waals surface area contributed by atoms with Crippen molar-refractivity contribution >= 4 is 159 Å². The molecule has 0 saturated carbocycles. The zero-order valence-electron chi connectivity index (χ0n) is 52.8. The lowest BCUT2D eigenvalue weighted by Crippen LogP contribution is -2.20. The molecule has 0 atom stereocenters. The molecule has 3 amide bonds. The predicted molar refractivity (Wildman–Crippen MR) is 401 cm³/mol. The van der Waals surface area contributed by atoms with E-state index in [0.29, 0.717) is 66.3 Å². The molecule has 4 N–H and O–H groups in total. The molecule has 0 unspecified atom stereocenters. The van der Waals surface area contributed by atoms with Gasteiger partial charge in [-0.25, -0.2) is 0 Å². The van der Waals surface area contributed by atoms with E-state index in [0.717, 1.165) is 20.3 Å². The number of nitriles is 3. The molecule has 6 aromatic heterocycles.